The Balaban J connectivity index is 1.43. The second-order valence-corrected chi connectivity index (χ2v) is 7.31. The number of carbonyl (C=O) groups is 1. The van der Waals surface area contributed by atoms with Crippen molar-refractivity contribution in [2.45, 2.75) is 12.5 Å². The molecular weight excluding hydrogens is 350 g/mol. The first-order valence-electron chi connectivity index (χ1n) is 8.39. The second-order valence-electron chi connectivity index (χ2n) is 6.42. The standard InChI is InChI=1S/C18H19N5O2S/c1-22(2)16-8-19-9-17(21-16)25-13-5-6-23(10-13)18(24)12-3-4-14-15(7-12)26-11-20-14/h3-4,7-9,11,13H,5-6,10H2,1-2H3. The van der Waals surface area contributed by atoms with Crippen LogP contribution in [-0.4, -0.2) is 59.0 Å². The lowest BCUT2D eigenvalue weighted by molar-refractivity contribution is 0.0771. The fraction of sp³-hybridized carbons (Fsp3) is 0.333. The summed E-state index contributed by atoms with van der Waals surface area (Å²) in [6.07, 6.45) is 4.00. The minimum absolute atomic E-state index is 0.0273. The van der Waals surface area contributed by atoms with E-state index in [2.05, 4.69) is 15.0 Å². The summed E-state index contributed by atoms with van der Waals surface area (Å²) < 4.78 is 6.96. The Morgan fingerprint density at radius 2 is 2.23 bits per heavy atom. The fourth-order valence-corrected chi connectivity index (χ4v) is 3.68. The zero-order valence-electron chi connectivity index (χ0n) is 14.6. The Kier molecular flexibility index (Phi) is 4.42. The second kappa shape index (κ2) is 6.87. The summed E-state index contributed by atoms with van der Waals surface area (Å²) in [7, 11) is 3.81. The van der Waals surface area contributed by atoms with Gasteiger partial charge < -0.3 is 14.5 Å². The number of nitrogens with zero attached hydrogens (tertiary/aromatic N) is 5. The zero-order valence-corrected chi connectivity index (χ0v) is 15.4. The molecule has 1 unspecified atom stereocenters. The van der Waals surface area contributed by atoms with Crippen LogP contribution in [-0.2, 0) is 0 Å². The molecule has 0 N–H and O–H groups in total. The zero-order chi connectivity index (χ0) is 18.1. The van der Waals surface area contributed by atoms with Crippen molar-refractivity contribution in [2.24, 2.45) is 0 Å². The van der Waals surface area contributed by atoms with E-state index in [0.29, 0.717) is 24.5 Å². The van der Waals surface area contributed by atoms with Crippen LogP contribution in [0, 0.1) is 0 Å². The Morgan fingerprint density at radius 1 is 1.35 bits per heavy atom. The molecule has 0 bridgehead atoms. The molecule has 1 atom stereocenters. The van der Waals surface area contributed by atoms with Gasteiger partial charge in [-0.25, -0.2) is 4.98 Å². The highest BCUT2D eigenvalue weighted by Gasteiger charge is 2.29. The first-order valence-corrected chi connectivity index (χ1v) is 9.26. The van der Waals surface area contributed by atoms with E-state index >= 15 is 0 Å². The number of ether oxygens (including phenoxy) is 1. The first-order chi connectivity index (χ1) is 12.6. The number of rotatable bonds is 4. The third-order valence-electron chi connectivity index (χ3n) is 4.36. The Hall–Kier alpha value is -2.74. The van der Waals surface area contributed by atoms with E-state index < -0.39 is 0 Å². The van der Waals surface area contributed by atoms with Gasteiger partial charge >= 0.3 is 0 Å². The summed E-state index contributed by atoms with van der Waals surface area (Å²) in [4.78, 5) is 29.3. The Bertz CT molecular complexity index is 942. The van der Waals surface area contributed by atoms with Gasteiger partial charge in [-0.15, -0.1) is 11.3 Å². The molecule has 3 aromatic rings. The smallest absolute Gasteiger partial charge is 0.254 e. The first kappa shape index (κ1) is 16.7. The molecule has 1 fully saturated rings. The van der Waals surface area contributed by atoms with E-state index in [9.17, 15) is 4.79 Å². The molecular formula is C18H19N5O2S. The molecule has 1 aliphatic rings. The van der Waals surface area contributed by atoms with E-state index in [0.717, 1.165) is 22.5 Å². The summed E-state index contributed by atoms with van der Waals surface area (Å²) in [5.41, 5.74) is 3.41. The number of carbonyl (C=O) groups excluding carboxylic acids is 1. The van der Waals surface area contributed by atoms with Gasteiger partial charge in [0.05, 0.1) is 34.7 Å². The molecule has 0 aliphatic carbocycles. The van der Waals surface area contributed by atoms with Crippen LogP contribution in [0.2, 0.25) is 0 Å². The molecule has 0 spiro atoms. The van der Waals surface area contributed by atoms with Crippen LogP contribution in [0.3, 0.4) is 0 Å². The van der Waals surface area contributed by atoms with Gasteiger partial charge in [-0.1, -0.05) is 0 Å². The Labute approximate surface area is 155 Å². The lowest BCUT2D eigenvalue weighted by Crippen LogP contribution is -2.31. The van der Waals surface area contributed by atoms with Crippen LogP contribution in [0.4, 0.5) is 5.82 Å². The third kappa shape index (κ3) is 3.32. The van der Waals surface area contributed by atoms with E-state index in [-0.39, 0.29) is 12.0 Å². The summed E-state index contributed by atoms with van der Waals surface area (Å²) in [5, 5.41) is 0. The maximum absolute atomic E-state index is 12.8. The van der Waals surface area contributed by atoms with Crippen molar-refractivity contribution >= 4 is 33.3 Å². The molecule has 2 aromatic heterocycles. The van der Waals surface area contributed by atoms with Gasteiger partial charge in [0.25, 0.3) is 5.91 Å². The van der Waals surface area contributed by atoms with Gasteiger partial charge in [-0.2, -0.15) is 4.98 Å². The van der Waals surface area contributed by atoms with E-state index in [4.69, 9.17) is 4.74 Å². The van der Waals surface area contributed by atoms with Gasteiger partial charge in [0.1, 0.15) is 6.10 Å². The highest BCUT2D eigenvalue weighted by atomic mass is 32.1. The minimum Gasteiger partial charge on any atom is -0.471 e. The van der Waals surface area contributed by atoms with Crippen LogP contribution in [0.25, 0.3) is 10.2 Å². The van der Waals surface area contributed by atoms with Gasteiger partial charge in [0.15, 0.2) is 5.82 Å². The quantitative estimate of drug-likeness (QED) is 0.703. The number of anilines is 1. The minimum atomic E-state index is -0.0715. The molecule has 1 aliphatic heterocycles. The molecule has 1 saturated heterocycles. The van der Waals surface area contributed by atoms with Crippen molar-refractivity contribution in [1.82, 2.24) is 19.9 Å². The number of thiazole rings is 1. The predicted molar refractivity (Wildman–Crippen MR) is 101 cm³/mol. The average molecular weight is 369 g/mol. The SMILES string of the molecule is CN(C)c1cncc(OC2CCN(C(=O)c3ccc4ncsc4c3)C2)n1. The van der Waals surface area contributed by atoms with Crippen LogP contribution >= 0.6 is 11.3 Å². The van der Waals surface area contributed by atoms with Crippen LogP contribution in [0.1, 0.15) is 16.8 Å². The van der Waals surface area contributed by atoms with Crippen molar-refractivity contribution in [2.75, 3.05) is 32.1 Å². The van der Waals surface area contributed by atoms with Crippen molar-refractivity contribution in [3.63, 3.8) is 0 Å². The van der Waals surface area contributed by atoms with E-state index in [1.807, 2.05) is 42.1 Å². The molecule has 1 amide bonds. The van der Waals surface area contributed by atoms with Gasteiger partial charge in [-0.05, 0) is 18.2 Å². The normalized spacial score (nSPS) is 16.8. The largest absolute Gasteiger partial charge is 0.471 e. The number of benzene rings is 1. The molecule has 8 heteroatoms. The summed E-state index contributed by atoms with van der Waals surface area (Å²) in [5.74, 6) is 1.26. The molecule has 1 aromatic carbocycles. The van der Waals surface area contributed by atoms with Crippen LogP contribution < -0.4 is 9.64 Å². The molecule has 26 heavy (non-hydrogen) atoms. The van der Waals surface area contributed by atoms with Crippen LogP contribution in [0.15, 0.2) is 36.1 Å². The third-order valence-corrected chi connectivity index (χ3v) is 5.15. The highest BCUT2D eigenvalue weighted by Crippen LogP contribution is 2.23. The van der Waals surface area contributed by atoms with Gasteiger partial charge in [-0.3, -0.25) is 9.78 Å². The topological polar surface area (TPSA) is 71.5 Å². The molecule has 134 valence electrons. The number of fused-ring (bicyclic) bond motifs is 1. The molecule has 0 saturated carbocycles. The fourth-order valence-electron chi connectivity index (χ4n) is 2.96. The molecule has 7 nitrogen and oxygen atoms in total. The number of aromatic nitrogens is 3. The summed E-state index contributed by atoms with van der Waals surface area (Å²) in [6.45, 7) is 1.22. The number of likely N-dealkylation sites (tertiary alicyclic amines) is 1. The highest BCUT2D eigenvalue weighted by molar-refractivity contribution is 7.16. The lowest BCUT2D eigenvalue weighted by Gasteiger charge is -2.17. The number of hydrogen-bond donors (Lipinski definition) is 0. The van der Waals surface area contributed by atoms with Crippen molar-refractivity contribution in [3.8, 4) is 5.88 Å². The Morgan fingerprint density at radius 3 is 3.08 bits per heavy atom. The maximum atomic E-state index is 12.8. The number of amides is 1. The molecule has 4 rings (SSSR count). The van der Waals surface area contributed by atoms with Crippen molar-refractivity contribution in [3.05, 3.63) is 41.7 Å². The van der Waals surface area contributed by atoms with Gasteiger partial charge in [0.2, 0.25) is 5.88 Å². The monoisotopic (exact) mass is 369 g/mol. The van der Waals surface area contributed by atoms with E-state index in [1.54, 1.807) is 29.2 Å². The van der Waals surface area contributed by atoms with Crippen molar-refractivity contribution in [1.29, 1.82) is 0 Å². The molecule has 0 radical (unpaired) electrons. The van der Waals surface area contributed by atoms with Gasteiger partial charge in [0, 0.05) is 32.6 Å². The maximum Gasteiger partial charge on any atom is 0.254 e. The van der Waals surface area contributed by atoms with E-state index in [1.165, 1.54) is 0 Å². The average Bonchev–Trinajstić information content (AvgIpc) is 3.30. The van der Waals surface area contributed by atoms with Crippen LogP contribution in [0.5, 0.6) is 5.88 Å². The summed E-state index contributed by atoms with van der Waals surface area (Å²) in [6, 6.07) is 5.64. The predicted octanol–water partition coefficient (Wildman–Crippen LogP) is 2.45. The molecule has 3 heterocycles. The summed E-state index contributed by atoms with van der Waals surface area (Å²) >= 11 is 1.54. The number of hydrogen-bond acceptors (Lipinski definition) is 7. The lowest BCUT2D eigenvalue weighted by atomic mass is 10.2. The van der Waals surface area contributed by atoms with Crippen molar-refractivity contribution < 1.29 is 9.53 Å².